The van der Waals surface area contributed by atoms with Crippen LogP contribution >= 0.6 is 23.5 Å². The molecule has 0 unspecified atom stereocenters. The number of ether oxygens (including phenoxy) is 1. The van der Waals surface area contributed by atoms with Crippen molar-refractivity contribution in [3.8, 4) is 5.75 Å². The van der Waals surface area contributed by atoms with Gasteiger partial charge in [0.1, 0.15) is 5.75 Å². The molecular weight excluding hydrogens is 290 g/mol. The first-order valence-corrected chi connectivity index (χ1v) is 8.73. The van der Waals surface area contributed by atoms with Crippen molar-refractivity contribution in [2.45, 2.75) is 11.0 Å². The summed E-state index contributed by atoms with van der Waals surface area (Å²) in [6.07, 6.45) is 2.94. The van der Waals surface area contributed by atoms with Crippen molar-refractivity contribution in [2.24, 2.45) is 0 Å². The van der Waals surface area contributed by atoms with Crippen LogP contribution in [0.2, 0.25) is 0 Å². The highest BCUT2D eigenvalue weighted by Gasteiger charge is 2.16. The summed E-state index contributed by atoms with van der Waals surface area (Å²) in [6.45, 7) is 4.06. The van der Waals surface area contributed by atoms with Crippen LogP contribution in [0.25, 0.3) is 0 Å². The van der Waals surface area contributed by atoms with Gasteiger partial charge in [0.2, 0.25) is 0 Å². The molecule has 3 nitrogen and oxygen atoms in total. The van der Waals surface area contributed by atoms with E-state index in [0.29, 0.717) is 11.1 Å². The molecule has 1 aromatic rings. The average Bonchev–Trinajstić information content (AvgIpc) is 2.52. The second-order valence-corrected chi connectivity index (χ2v) is 7.10. The molecule has 1 aliphatic rings. The Labute approximate surface area is 128 Å². The van der Waals surface area contributed by atoms with E-state index in [4.69, 9.17) is 4.74 Å². The summed E-state index contributed by atoms with van der Waals surface area (Å²) in [5, 5.41) is 2.68. The third-order valence-corrected chi connectivity index (χ3v) is 5.81. The molecule has 0 aromatic heterocycles. The molecule has 0 spiro atoms. The first kappa shape index (κ1) is 15.3. The Hall–Kier alpha value is -1.07. The number of carbonyl (C=O) groups is 1. The maximum atomic E-state index is 11.4. The monoisotopic (exact) mass is 309 g/mol. The van der Waals surface area contributed by atoms with E-state index in [0.717, 1.165) is 5.75 Å². The van der Waals surface area contributed by atoms with Gasteiger partial charge in [0.15, 0.2) is 6.61 Å². The topological polar surface area (TPSA) is 38.3 Å². The fraction of sp³-hybridized carbons (Fsp3) is 0.400. The van der Waals surface area contributed by atoms with Gasteiger partial charge in [-0.05, 0) is 35.6 Å². The van der Waals surface area contributed by atoms with E-state index in [1.165, 1.54) is 23.5 Å². The quantitative estimate of drug-likeness (QED) is 0.819. The largest absolute Gasteiger partial charge is 0.484 e. The number of carbonyl (C=O) groups excluding carboxylic acids is 1. The molecule has 1 N–H and O–H groups in total. The second-order valence-electron chi connectivity index (χ2n) is 4.38. The molecule has 1 aromatic carbocycles. The SMILES string of the molecule is C=CCNC(=O)COc1ccc(C2SCCCS2)cc1. The lowest BCUT2D eigenvalue weighted by molar-refractivity contribution is -0.122. The molecule has 0 radical (unpaired) electrons. The fourth-order valence-electron chi connectivity index (χ4n) is 1.79. The minimum atomic E-state index is -0.132. The van der Waals surface area contributed by atoms with Crippen molar-refractivity contribution in [2.75, 3.05) is 24.7 Å². The van der Waals surface area contributed by atoms with Crippen LogP contribution in [0.15, 0.2) is 36.9 Å². The van der Waals surface area contributed by atoms with Crippen molar-refractivity contribution in [1.82, 2.24) is 5.32 Å². The molecule has 5 heteroatoms. The predicted octanol–water partition coefficient (Wildman–Crippen LogP) is 3.24. The van der Waals surface area contributed by atoms with Crippen LogP contribution in [-0.2, 0) is 4.79 Å². The predicted molar refractivity (Wildman–Crippen MR) is 87.4 cm³/mol. The van der Waals surface area contributed by atoms with Gasteiger partial charge in [0.25, 0.3) is 5.91 Å². The van der Waals surface area contributed by atoms with Crippen molar-refractivity contribution < 1.29 is 9.53 Å². The maximum Gasteiger partial charge on any atom is 0.258 e. The molecule has 1 fully saturated rings. The lowest BCUT2D eigenvalue weighted by atomic mass is 10.2. The summed E-state index contributed by atoms with van der Waals surface area (Å²) in [5.41, 5.74) is 1.32. The van der Waals surface area contributed by atoms with Gasteiger partial charge in [-0.25, -0.2) is 0 Å². The number of amides is 1. The van der Waals surface area contributed by atoms with Crippen LogP contribution in [0.1, 0.15) is 16.6 Å². The van der Waals surface area contributed by atoms with Crippen LogP contribution in [0.4, 0.5) is 0 Å². The summed E-state index contributed by atoms with van der Waals surface area (Å²) < 4.78 is 5.98. The van der Waals surface area contributed by atoms with E-state index >= 15 is 0 Å². The first-order valence-electron chi connectivity index (χ1n) is 6.63. The molecule has 0 bridgehead atoms. The van der Waals surface area contributed by atoms with E-state index in [2.05, 4.69) is 24.0 Å². The first-order chi connectivity index (χ1) is 9.79. The molecule has 0 aliphatic carbocycles. The summed E-state index contributed by atoms with van der Waals surface area (Å²) in [4.78, 5) is 11.4. The van der Waals surface area contributed by atoms with Crippen LogP contribution in [-0.4, -0.2) is 30.6 Å². The van der Waals surface area contributed by atoms with Crippen molar-refractivity contribution in [3.63, 3.8) is 0 Å². The van der Waals surface area contributed by atoms with Crippen LogP contribution in [0, 0.1) is 0 Å². The third kappa shape index (κ3) is 4.80. The number of hydrogen-bond donors (Lipinski definition) is 1. The van der Waals surface area contributed by atoms with Gasteiger partial charge in [0, 0.05) is 6.54 Å². The highest BCUT2D eigenvalue weighted by molar-refractivity contribution is 8.16. The number of nitrogens with one attached hydrogen (secondary N) is 1. The van der Waals surface area contributed by atoms with Crippen molar-refractivity contribution in [3.05, 3.63) is 42.5 Å². The molecule has 1 aliphatic heterocycles. The summed E-state index contributed by atoms with van der Waals surface area (Å²) in [5.74, 6) is 3.07. The molecular formula is C15H19NO2S2. The Kier molecular flexibility index (Phi) is 6.33. The molecule has 0 saturated carbocycles. The standard InChI is InChI=1S/C15H19NO2S2/c1-2-8-16-14(17)11-18-13-6-4-12(5-7-13)15-19-9-3-10-20-15/h2,4-7,15H,1,3,8-11H2,(H,16,17). The van der Waals surface area contributed by atoms with Gasteiger partial charge in [-0.3, -0.25) is 4.79 Å². The molecule has 2 rings (SSSR count). The zero-order valence-electron chi connectivity index (χ0n) is 11.3. The van der Waals surface area contributed by atoms with E-state index in [1.807, 2.05) is 35.7 Å². The van der Waals surface area contributed by atoms with E-state index in [9.17, 15) is 4.79 Å². The van der Waals surface area contributed by atoms with Gasteiger partial charge < -0.3 is 10.1 Å². The normalized spacial score (nSPS) is 15.6. The number of hydrogen-bond acceptors (Lipinski definition) is 4. The van der Waals surface area contributed by atoms with Crippen molar-refractivity contribution >= 4 is 29.4 Å². The Bertz CT molecular complexity index is 442. The number of rotatable bonds is 6. The summed E-state index contributed by atoms with van der Waals surface area (Å²) in [7, 11) is 0. The summed E-state index contributed by atoms with van der Waals surface area (Å²) in [6, 6.07) is 8.05. The number of thioether (sulfide) groups is 2. The van der Waals surface area contributed by atoms with Gasteiger partial charge >= 0.3 is 0 Å². The average molecular weight is 309 g/mol. The highest BCUT2D eigenvalue weighted by atomic mass is 32.2. The third-order valence-electron chi connectivity index (χ3n) is 2.79. The minimum absolute atomic E-state index is 0.0418. The minimum Gasteiger partial charge on any atom is -0.484 e. The molecule has 108 valence electrons. The zero-order chi connectivity index (χ0) is 14.2. The van der Waals surface area contributed by atoms with Crippen LogP contribution < -0.4 is 10.1 Å². The van der Waals surface area contributed by atoms with Gasteiger partial charge in [-0.1, -0.05) is 18.2 Å². The molecule has 1 saturated heterocycles. The smallest absolute Gasteiger partial charge is 0.258 e. The van der Waals surface area contributed by atoms with E-state index in [-0.39, 0.29) is 12.5 Å². The Balaban J connectivity index is 1.81. The number of benzene rings is 1. The second kappa shape index (κ2) is 8.27. The van der Waals surface area contributed by atoms with Crippen molar-refractivity contribution in [1.29, 1.82) is 0 Å². The Morgan fingerprint density at radius 3 is 2.70 bits per heavy atom. The highest BCUT2D eigenvalue weighted by Crippen LogP contribution is 2.43. The summed E-state index contributed by atoms with van der Waals surface area (Å²) >= 11 is 4.00. The molecule has 20 heavy (non-hydrogen) atoms. The molecule has 1 heterocycles. The van der Waals surface area contributed by atoms with E-state index in [1.54, 1.807) is 6.08 Å². The molecule has 1 amide bonds. The van der Waals surface area contributed by atoms with Gasteiger partial charge in [-0.15, -0.1) is 30.1 Å². The molecule has 0 atom stereocenters. The Morgan fingerprint density at radius 2 is 2.05 bits per heavy atom. The lowest BCUT2D eigenvalue weighted by Crippen LogP contribution is -2.28. The maximum absolute atomic E-state index is 11.4. The Morgan fingerprint density at radius 1 is 1.35 bits per heavy atom. The van der Waals surface area contributed by atoms with Gasteiger partial charge in [0.05, 0.1) is 4.58 Å². The van der Waals surface area contributed by atoms with E-state index < -0.39 is 0 Å². The van der Waals surface area contributed by atoms with Crippen LogP contribution in [0.5, 0.6) is 5.75 Å². The van der Waals surface area contributed by atoms with Crippen LogP contribution in [0.3, 0.4) is 0 Å². The fourth-order valence-corrected chi connectivity index (χ4v) is 4.68. The zero-order valence-corrected chi connectivity index (χ0v) is 13.0. The van der Waals surface area contributed by atoms with Gasteiger partial charge in [-0.2, -0.15) is 0 Å². The lowest BCUT2D eigenvalue weighted by Gasteiger charge is -2.21.